The highest BCUT2D eigenvalue weighted by Gasteiger charge is 2.30. The van der Waals surface area contributed by atoms with Gasteiger partial charge in [0, 0.05) is 23.0 Å². The lowest BCUT2D eigenvalue weighted by Gasteiger charge is -2.16. The smallest absolute Gasteiger partial charge is 0.275 e. The number of methoxy groups -OCH3 is 1. The molecule has 0 aliphatic carbocycles. The fourth-order valence-electron chi connectivity index (χ4n) is 3.97. The van der Waals surface area contributed by atoms with Crippen LogP contribution in [0.25, 0.3) is 11.1 Å². The second-order valence-corrected chi connectivity index (χ2v) is 10.1. The molecule has 10 nitrogen and oxygen atoms in total. The summed E-state index contributed by atoms with van der Waals surface area (Å²) < 4.78 is 5.43. The number of halogens is 2. The Morgan fingerprint density at radius 1 is 1.00 bits per heavy atom. The molecule has 5 heterocycles. The van der Waals surface area contributed by atoms with E-state index in [1.54, 1.807) is 24.0 Å². The molecule has 4 aromatic rings. The summed E-state index contributed by atoms with van der Waals surface area (Å²) in [5.74, 6) is -0.162. The van der Waals surface area contributed by atoms with E-state index in [9.17, 15) is 9.59 Å². The minimum absolute atomic E-state index is 0.231. The van der Waals surface area contributed by atoms with Crippen molar-refractivity contribution in [1.82, 2.24) is 29.8 Å². The fraction of sp³-hybridized carbons (Fsp3) is 0.208. The van der Waals surface area contributed by atoms with Gasteiger partial charge in [0.25, 0.3) is 11.8 Å². The monoisotopic (exact) mass is 555 g/mol. The molecule has 4 aromatic heterocycles. The summed E-state index contributed by atoms with van der Waals surface area (Å²) in [6.07, 6.45) is 4.36. The number of anilines is 1. The number of rotatable bonds is 5. The molecular formula is C24H19Cl2N7O3S. The number of thiazole rings is 1. The number of hydrogen-bond acceptors (Lipinski definition) is 9. The Morgan fingerprint density at radius 2 is 1.81 bits per heavy atom. The van der Waals surface area contributed by atoms with Gasteiger partial charge in [-0.1, -0.05) is 34.5 Å². The first-order chi connectivity index (χ1) is 17.7. The minimum atomic E-state index is -0.384. The van der Waals surface area contributed by atoms with Crippen molar-refractivity contribution in [2.24, 2.45) is 0 Å². The number of hydrogen-bond donors (Lipinski definition) is 1. The number of amides is 2. The van der Waals surface area contributed by atoms with Crippen LogP contribution < -0.4 is 10.1 Å². The third-order valence-electron chi connectivity index (χ3n) is 5.71. The lowest BCUT2D eigenvalue weighted by molar-refractivity contribution is 0.0743. The number of pyridine rings is 2. The van der Waals surface area contributed by atoms with E-state index in [-0.39, 0.29) is 27.8 Å². The Kier molecular flexibility index (Phi) is 6.76. The first-order valence-corrected chi connectivity index (χ1v) is 12.6. The molecule has 5 rings (SSSR count). The summed E-state index contributed by atoms with van der Waals surface area (Å²) in [4.78, 5) is 49.9. The summed E-state index contributed by atoms with van der Waals surface area (Å²) >= 11 is 13.3. The second kappa shape index (κ2) is 10.0. The zero-order valence-corrected chi connectivity index (χ0v) is 22.2. The third-order valence-corrected chi connectivity index (χ3v) is 7.10. The molecule has 0 saturated heterocycles. The van der Waals surface area contributed by atoms with Crippen molar-refractivity contribution in [3.8, 4) is 16.9 Å². The maximum atomic E-state index is 13.3. The lowest BCUT2D eigenvalue weighted by Crippen LogP contribution is -2.27. The van der Waals surface area contributed by atoms with Gasteiger partial charge in [0.1, 0.15) is 21.7 Å². The van der Waals surface area contributed by atoms with Gasteiger partial charge < -0.3 is 9.64 Å². The zero-order chi connectivity index (χ0) is 26.3. The van der Waals surface area contributed by atoms with E-state index in [0.717, 1.165) is 16.3 Å². The number of carbonyl (C=O) groups is 2. The first-order valence-electron chi connectivity index (χ1n) is 11.0. The van der Waals surface area contributed by atoms with Crippen LogP contribution in [0.4, 0.5) is 5.13 Å². The molecular weight excluding hydrogens is 537 g/mol. The number of ether oxygens (including phenoxy) is 1. The van der Waals surface area contributed by atoms with Crippen molar-refractivity contribution in [3.05, 3.63) is 74.2 Å². The summed E-state index contributed by atoms with van der Waals surface area (Å²) in [5.41, 5.74) is 3.71. The summed E-state index contributed by atoms with van der Waals surface area (Å²) in [7, 11) is 1.52. The van der Waals surface area contributed by atoms with Crippen molar-refractivity contribution in [3.63, 3.8) is 0 Å². The highest BCUT2D eigenvalue weighted by atomic mass is 35.5. The van der Waals surface area contributed by atoms with E-state index in [2.05, 4.69) is 30.2 Å². The van der Waals surface area contributed by atoms with Crippen LogP contribution in [0, 0.1) is 13.8 Å². The first kappa shape index (κ1) is 25.0. The highest BCUT2D eigenvalue weighted by Crippen LogP contribution is 2.35. The molecule has 0 radical (unpaired) electrons. The van der Waals surface area contributed by atoms with Crippen LogP contribution >= 0.6 is 34.5 Å². The SMILES string of the molecule is COc1cnc(Cl)cc1-c1cc(C)ncc1C(=O)Nc1nc2c(s1)CN(C(=O)c1ncc(Cl)nc1C)C2. The van der Waals surface area contributed by atoms with Crippen LogP contribution in [0.2, 0.25) is 10.3 Å². The van der Waals surface area contributed by atoms with Gasteiger partial charge in [-0.2, -0.15) is 0 Å². The quantitative estimate of drug-likeness (QED) is 0.350. The Bertz CT molecular complexity index is 1540. The molecule has 188 valence electrons. The van der Waals surface area contributed by atoms with E-state index in [4.69, 9.17) is 27.9 Å². The van der Waals surface area contributed by atoms with Crippen LogP contribution in [0.3, 0.4) is 0 Å². The molecule has 0 atom stereocenters. The fourth-order valence-corrected chi connectivity index (χ4v) is 5.28. The number of aromatic nitrogens is 5. The second-order valence-electron chi connectivity index (χ2n) is 8.21. The highest BCUT2D eigenvalue weighted by molar-refractivity contribution is 7.16. The molecule has 1 aliphatic rings. The molecule has 0 unspecified atom stereocenters. The Morgan fingerprint density at radius 3 is 2.54 bits per heavy atom. The predicted octanol–water partition coefficient (Wildman–Crippen LogP) is 4.73. The third kappa shape index (κ3) is 4.97. The van der Waals surface area contributed by atoms with Crippen molar-refractivity contribution >= 4 is 51.5 Å². The topological polar surface area (TPSA) is 123 Å². The molecule has 0 spiro atoms. The number of nitrogens with zero attached hydrogens (tertiary/aromatic N) is 6. The van der Waals surface area contributed by atoms with Gasteiger partial charge in [-0.25, -0.2) is 19.9 Å². The van der Waals surface area contributed by atoms with Gasteiger partial charge >= 0.3 is 0 Å². The van der Waals surface area contributed by atoms with Crippen molar-refractivity contribution in [1.29, 1.82) is 0 Å². The van der Waals surface area contributed by atoms with Crippen molar-refractivity contribution in [2.75, 3.05) is 12.4 Å². The zero-order valence-electron chi connectivity index (χ0n) is 19.9. The number of fused-ring (bicyclic) bond motifs is 1. The minimum Gasteiger partial charge on any atom is -0.494 e. The Balaban J connectivity index is 1.36. The van der Waals surface area contributed by atoms with Gasteiger partial charge in [0.2, 0.25) is 0 Å². The van der Waals surface area contributed by atoms with E-state index >= 15 is 0 Å². The molecule has 1 aliphatic heterocycles. The maximum Gasteiger partial charge on any atom is 0.275 e. The normalized spacial score (nSPS) is 12.4. The molecule has 2 amide bonds. The van der Waals surface area contributed by atoms with Crippen molar-refractivity contribution in [2.45, 2.75) is 26.9 Å². The van der Waals surface area contributed by atoms with Gasteiger partial charge in [0.05, 0.1) is 54.4 Å². The number of aryl methyl sites for hydroxylation is 2. The van der Waals surface area contributed by atoms with E-state index in [0.29, 0.717) is 46.4 Å². The summed E-state index contributed by atoms with van der Waals surface area (Å²) in [6.45, 7) is 4.17. The summed E-state index contributed by atoms with van der Waals surface area (Å²) in [5, 5.41) is 3.79. The maximum absolute atomic E-state index is 13.3. The number of carbonyl (C=O) groups excluding carboxylic acids is 2. The summed E-state index contributed by atoms with van der Waals surface area (Å²) in [6, 6.07) is 3.43. The van der Waals surface area contributed by atoms with Gasteiger partial charge in [0.15, 0.2) is 5.13 Å². The molecule has 37 heavy (non-hydrogen) atoms. The molecule has 13 heteroatoms. The van der Waals surface area contributed by atoms with E-state index in [1.807, 2.05) is 6.92 Å². The number of nitrogens with one attached hydrogen (secondary N) is 1. The van der Waals surface area contributed by atoms with Gasteiger partial charge in [-0.05, 0) is 26.0 Å². The van der Waals surface area contributed by atoms with Crippen molar-refractivity contribution < 1.29 is 14.3 Å². The van der Waals surface area contributed by atoms with Crippen LogP contribution in [0.5, 0.6) is 5.75 Å². The Labute approximate surface area is 225 Å². The van der Waals surface area contributed by atoms with Crippen LogP contribution in [-0.4, -0.2) is 48.7 Å². The molecule has 0 aromatic carbocycles. The van der Waals surface area contributed by atoms with Crippen LogP contribution in [-0.2, 0) is 13.1 Å². The lowest BCUT2D eigenvalue weighted by atomic mass is 10.0. The van der Waals surface area contributed by atoms with Gasteiger partial charge in [-0.15, -0.1) is 0 Å². The largest absolute Gasteiger partial charge is 0.494 e. The average molecular weight is 556 g/mol. The standard InChI is InChI=1S/C24H19Cl2N7O3S/c1-11-4-13(14-5-19(25)28-7-17(14)36-3)15(6-27-11)22(34)32-24-31-16-9-33(10-18(16)37-24)23(35)21-12(2)30-20(26)8-29-21/h4-8H,9-10H2,1-3H3,(H,31,32,34). The van der Waals surface area contributed by atoms with Crippen LogP contribution in [0.15, 0.2) is 30.7 Å². The Hall–Kier alpha value is -3.67. The predicted molar refractivity (Wildman–Crippen MR) is 139 cm³/mol. The van der Waals surface area contributed by atoms with E-state index in [1.165, 1.54) is 37.0 Å². The molecule has 0 fully saturated rings. The van der Waals surface area contributed by atoms with Gasteiger partial charge in [-0.3, -0.25) is 19.9 Å². The van der Waals surface area contributed by atoms with E-state index < -0.39 is 0 Å². The molecule has 0 saturated carbocycles. The van der Waals surface area contributed by atoms with Crippen LogP contribution in [0.1, 0.15) is 42.8 Å². The molecule has 0 bridgehead atoms. The average Bonchev–Trinajstić information content (AvgIpc) is 3.42. The molecule has 1 N–H and O–H groups in total.